The van der Waals surface area contributed by atoms with Crippen LogP contribution in [0.1, 0.15) is 120 Å². The molecule has 80 heavy (non-hydrogen) atoms. The van der Waals surface area contributed by atoms with Gasteiger partial charge in [0.25, 0.3) is 0 Å². The number of aromatic nitrogens is 4. The molecule has 2 amide bonds. The number of amides is 2. The normalized spacial score (nSPS) is 26.8. The summed E-state index contributed by atoms with van der Waals surface area (Å²) >= 11 is 1.60. The fraction of sp³-hybridized carbons (Fsp3) is 0.607. The van der Waals surface area contributed by atoms with Gasteiger partial charge in [-0.2, -0.15) is 0 Å². The molecule has 1 spiro atoms. The minimum absolute atomic E-state index is 0.0899. The highest BCUT2D eigenvalue weighted by atomic mass is 32.1. The molecular formula is C61H82N12O6S. The SMILES string of the molecule is Cc1ncsc1-c1ccc([C@H](C)NC(=O)[C@@H]2C[C@@H](O)CN2C(=O)[C@@H](c2cc(N3CCC(CN4CCC5(CC4)CC(N4CCC[C@@](O)(CN6C7CCC6CN(c6cc(-c8ccccc8O)nnc6N)C7)C4)C5)CC3)no2)C(C)C)cc1. The average molecular weight is 1110 g/mol. The fourth-order valence-electron chi connectivity index (χ4n) is 15.1. The van der Waals surface area contributed by atoms with Crippen molar-refractivity contribution in [3.8, 4) is 27.4 Å². The number of thiazole rings is 1. The number of nitrogens with two attached hydrogens (primary N) is 1. The number of carbonyl (C=O) groups is 2. The molecule has 7 fully saturated rings. The third-order valence-electron chi connectivity index (χ3n) is 19.6. The number of piperidine rings is 3. The number of piperazine rings is 1. The molecule has 3 aromatic heterocycles. The maximum absolute atomic E-state index is 14.4. The Bertz CT molecular complexity index is 2970. The number of hydrogen-bond acceptors (Lipinski definition) is 17. The highest BCUT2D eigenvalue weighted by molar-refractivity contribution is 7.13. The van der Waals surface area contributed by atoms with Crippen LogP contribution in [-0.4, -0.2) is 175 Å². The molecule has 0 radical (unpaired) electrons. The minimum atomic E-state index is -0.799. The second-order valence-electron chi connectivity index (χ2n) is 25.4. The summed E-state index contributed by atoms with van der Waals surface area (Å²) in [5.41, 5.74) is 13.1. The van der Waals surface area contributed by atoms with E-state index in [-0.39, 0.29) is 42.5 Å². The topological polar surface area (TPSA) is 217 Å². The van der Waals surface area contributed by atoms with Crippen molar-refractivity contribution in [3.63, 3.8) is 0 Å². The summed E-state index contributed by atoms with van der Waals surface area (Å²) in [5.74, 6) is 1.16. The fourth-order valence-corrected chi connectivity index (χ4v) is 15.9. The second kappa shape index (κ2) is 22.6. The first-order valence-electron chi connectivity index (χ1n) is 29.7. The smallest absolute Gasteiger partial charge is 0.243 e. The van der Waals surface area contributed by atoms with E-state index in [9.17, 15) is 24.9 Å². The number of aromatic hydroxyl groups is 1. The van der Waals surface area contributed by atoms with Gasteiger partial charge in [-0.25, -0.2) is 4.98 Å². The average Bonchev–Trinajstić information content (AvgIpc) is 4.31. The van der Waals surface area contributed by atoms with Crippen LogP contribution in [-0.2, 0) is 9.59 Å². The van der Waals surface area contributed by atoms with Gasteiger partial charge in [0.2, 0.25) is 11.8 Å². The van der Waals surface area contributed by atoms with Gasteiger partial charge >= 0.3 is 0 Å². The van der Waals surface area contributed by atoms with Crippen molar-refractivity contribution in [3.05, 3.63) is 83.2 Å². The largest absolute Gasteiger partial charge is 0.507 e. The van der Waals surface area contributed by atoms with Gasteiger partial charge in [0.15, 0.2) is 17.4 Å². The molecule has 1 aliphatic carbocycles. The van der Waals surface area contributed by atoms with Crippen molar-refractivity contribution >= 4 is 40.5 Å². The number of aliphatic hydroxyl groups is 2. The lowest BCUT2D eigenvalue weighted by atomic mass is 9.59. The van der Waals surface area contributed by atoms with Gasteiger partial charge in [-0.3, -0.25) is 19.4 Å². The first-order chi connectivity index (χ1) is 38.6. The number of rotatable bonds is 15. The molecule has 9 heterocycles. The maximum atomic E-state index is 14.4. The van der Waals surface area contributed by atoms with Crippen LogP contribution in [0.2, 0.25) is 0 Å². The summed E-state index contributed by atoms with van der Waals surface area (Å²) in [7, 11) is 0. The number of nitrogens with zero attached hydrogens (tertiary/aromatic N) is 10. The number of β-amino-alcohol motifs (C(OH)–C–C–N with tert-alkyl or cyclic N) is 2. The lowest BCUT2D eigenvalue weighted by molar-refractivity contribution is -0.141. The van der Waals surface area contributed by atoms with Crippen LogP contribution >= 0.6 is 11.3 Å². The van der Waals surface area contributed by atoms with E-state index in [1.54, 1.807) is 28.4 Å². The van der Waals surface area contributed by atoms with Crippen molar-refractivity contribution in [2.24, 2.45) is 17.3 Å². The van der Waals surface area contributed by atoms with E-state index in [0.29, 0.717) is 58.8 Å². The van der Waals surface area contributed by atoms with Crippen molar-refractivity contribution < 1.29 is 29.4 Å². The quantitative estimate of drug-likeness (QED) is 0.0708. The molecule has 7 aliphatic rings. The van der Waals surface area contributed by atoms with E-state index in [2.05, 4.69) is 50.2 Å². The molecule has 428 valence electrons. The van der Waals surface area contributed by atoms with Gasteiger partial charge in [-0.05, 0) is 144 Å². The molecule has 6 aliphatic heterocycles. The van der Waals surface area contributed by atoms with Crippen molar-refractivity contribution in [2.75, 3.05) is 87.5 Å². The minimum Gasteiger partial charge on any atom is -0.507 e. The predicted octanol–water partition coefficient (Wildman–Crippen LogP) is 7.07. The van der Waals surface area contributed by atoms with Gasteiger partial charge in [0, 0.05) is 88.5 Å². The number of fused-ring (bicyclic) bond motifs is 2. The molecule has 2 aromatic carbocycles. The van der Waals surface area contributed by atoms with Gasteiger partial charge in [0.05, 0.1) is 45.2 Å². The maximum Gasteiger partial charge on any atom is 0.243 e. The Morgan fingerprint density at radius 1 is 0.887 bits per heavy atom. The molecule has 5 aromatic rings. The zero-order valence-corrected chi connectivity index (χ0v) is 47.9. The lowest BCUT2D eigenvalue weighted by Crippen LogP contribution is -2.64. The molecule has 1 saturated carbocycles. The Morgan fingerprint density at radius 3 is 2.33 bits per heavy atom. The highest BCUT2D eigenvalue weighted by Gasteiger charge is 2.52. The van der Waals surface area contributed by atoms with Crippen LogP contribution < -0.4 is 20.9 Å². The van der Waals surface area contributed by atoms with Crippen molar-refractivity contribution in [1.29, 1.82) is 0 Å². The molecular weight excluding hydrogens is 1030 g/mol. The van der Waals surface area contributed by atoms with Crippen LogP contribution in [0.5, 0.6) is 5.75 Å². The van der Waals surface area contributed by atoms with E-state index in [1.165, 1.54) is 25.7 Å². The first kappa shape index (κ1) is 54.9. The number of phenolic OH excluding ortho intramolecular Hbond substituents is 1. The number of carbonyl (C=O) groups excluding carboxylic acids is 2. The standard InChI is InChI=1S/C61H82N12O6S/c1-38(2)55(59(77)72-34-47(74)26-51(72)58(76)64-39(3)42-10-12-43(13-11-42)56-40(4)63-37-80-56)53-28-54(67-79-53)69-22-16-41(17-23-69)31-68-24-19-60(20-25-68)29-46(30-60)70-21-7-18-61(78,35-70)36-73-44-14-15-45(73)33-71(32-44)50-27-49(65-66-57(50)62)48-8-5-6-9-52(48)75/h5-6,8-13,27-28,37-39,41,44-47,51,55,74-75,78H,7,14-26,29-36H2,1-4H3,(H2,62,66)(H,64,76)/t39-,44?,45?,47+,51-,55+,61-/m0/s1. The molecule has 18 nitrogen and oxygen atoms in total. The summed E-state index contributed by atoms with van der Waals surface area (Å²) in [5, 5.41) is 49.9. The van der Waals surface area contributed by atoms with Gasteiger partial charge in [-0.15, -0.1) is 21.5 Å². The summed E-state index contributed by atoms with van der Waals surface area (Å²) < 4.78 is 5.98. The number of para-hydroxylation sites is 1. The van der Waals surface area contributed by atoms with E-state index < -0.39 is 23.7 Å². The van der Waals surface area contributed by atoms with Crippen molar-refractivity contribution in [1.82, 2.24) is 45.3 Å². The molecule has 19 heteroatoms. The van der Waals surface area contributed by atoms with Gasteiger partial charge in [0.1, 0.15) is 17.7 Å². The Labute approximate surface area is 474 Å². The number of nitrogens with one attached hydrogen (secondary N) is 1. The summed E-state index contributed by atoms with van der Waals surface area (Å²) in [6, 6.07) is 19.3. The van der Waals surface area contributed by atoms with E-state index in [4.69, 9.17) is 10.3 Å². The van der Waals surface area contributed by atoms with Crippen LogP contribution in [0, 0.1) is 24.2 Å². The molecule has 12 rings (SSSR count). The summed E-state index contributed by atoms with van der Waals surface area (Å²) in [6.45, 7) is 17.4. The van der Waals surface area contributed by atoms with Gasteiger partial charge < -0.3 is 50.5 Å². The summed E-state index contributed by atoms with van der Waals surface area (Å²) in [6.07, 6.45) is 10.6. The van der Waals surface area contributed by atoms with E-state index in [0.717, 1.165) is 131 Å². The zero-order valence-electron chi connectivity index (χ0n) is 47.1. The second-order valence-corrected chi connectivity index (χ2v) is 26.3. The first-order valence-corrected chi connectivity index (χ1v) is 30.6. The van der Waals surface area contributed by atoms with Crippen LogP contribution in [0.3, 0.4) is 0 Å². The Balaban J connectivity index is 0.582. The highest BCUT2D eigenvalue weighted by Crippen LogP contribution is 2.52. The predicted molar refractivity (Wildman–Crippen MR) is 310 cm³/mol. The zero-order chi connectivity index (χ0) is 55.5. The molecule has 2 bridgehead atoms. The van der Waals surface area contributed by atoms with Crippen molar-refractivity contribution in [2.45, 2.75) is 146 Å². The third kappa shape index (κ3) is 11.2. The lowest BCUT2D eigenvalue weighted by Gasteiger charge is -2.57. The number of hydrogen-bond donors (Lipinski definition) is 5. The third-order valence-corrected chi connectivity index (χ3v) is 20.6. The van der Waals surface area contributed by atoms with E-state index in [1.807, 2.05) is 81.7 Å². The number of likely N-dealkylation sites (tertiary alicyclic amines) is 3. The van der Waals surface area contributed by atoms with Crippen LogP contribution in [0.4, 0.5) is 17.3 Å². The number of aliphatic hydroxyl groups excluding tert-OH is 1. The Morgan fingerprint density at radius 2 is 1.62 bits per heavy atom. The number of phenols is 1. The molecule has 2 unspecified atom stereocenters. The monoisotopic (exact) mass is 1110 g/mol. The Kier molecular flexibility index (Phi) is 15.5. The number of benzene rings is 2. The molecule has 6 N–H and O–H groups in total. The van der Waals surface area contributed by atoms with Gasteiger partial charge in [-0.1, -0.05) is 55.4 Å². The number of nitrogen functional groups attached to an aromatic ring is 1. The summed E-state index contributed by atoms with van der Waals surface area (Å²) in [4.78, 5) is 47.9. The number of anilines is 3. The molecule has 6 saturated heterocycles. The number of aryl methyl sites for hydroxylation is 1. The molecule has 7 atom stereocenters. The Hall–Kier alpha value is -5.70. The van der Waals surface area contributed by atoms with Crippen LogP contribution in [0.25, 0.3) is 21.7 Å². The van der Waals surface area contributed by atoms with Crippen LogP contribution in [0.15, 0.2) is 70.7 Å². The van der Waals surface area contributed by atoms with E-state index >= 15 is 0 Å².